The molecule has 1 aliphatic heterocycles. The highest BCUT2D eigenvalue weighted by Crippen LogP contribution is 2.27. The molecular formula is C22H29N3O4S. The van der Waals surface area contributed by atoms with Gasteiger partial charge in [0.2, 0.25) is 5.91 Å². The van der Waals surface area contributed by atoms with Gasteiger partial charge in [-0.05, 0) is 30.2 Å². The molecule has 1 N–H and O–H groups in total. The van der Waals surface area contributed by atoms with Crippen molar-refractivity contribution in [3.8, 4) is 0 Å². The van der Waals surface area contributed by atoms with Crippen LogP contribution < -0.4 is 9.62 Å². The van der Waals surface area contributed by atoms with Crippen LogP contribution in [0.5, 0.6) is 0 Å². The van der Waals surface area contributed by atoms with Gasteiger partial charge in [0.05, 0.1) is 23.8 Å². The SMILES string of the molecule is CCc1ccccc1N(CC(=O)NCCN1CCOCC1)S(=O)(=O)c1ccccc1. The van der Waals surface area contributed by atoms with Crippen molar-refractivity contribution in [3.05, 3.63) is 60.2 Å². The highest BCUT2D eigenvalue weighted by molar-refractivity contribution is 7.92. The maximum atomic E-state index is 13.4. The number of morpholine rings is 1. The van der Waals surface area contributed by atoms with Crippen molar-refractivity contribution in [2.45, 2.75) is 18.2 Å². The number of carbonyl (C=O) groups is 1. The van der Waals surface area contributed by atoms with Crippen LogP contribution in [0.15, 0.2) is 59.5 Å². The van der Waals surface area contributed by atoms with E-state index in [1.54, 1.807) is 42.5 Å². The van der Waals surface area contributed by atoms with Crippen LogP contribution in [0.1, 0.15) is 12.5 Å². The minimum Gasteiger partial charge on any atom is -0.379 e. The summed E-state index contributed by atoms with van der Waals surface area (Å²) < 4.78 is 33.3. The molecule has 1 fully saturated rings. The zero-order valence-electron chi connectivity index (χ0n) is 17.3. The monoisotopic (exact) mass is 431 g/mol. The Morgan fingerprint density at radius 3 is 2.43 bits per heavy atom. The van der Waals surface area contributed by atoms with Crippen LogP contribution in [0.3, 0.4) is 0 Å². The van der Waals surface area contributed by atoms with Gasteiger partial charge >= 0.3 is 0 Å². The molecule has 0 atom stereocenters. The Kier molecular flexibility index (Phi) is 7.84. The van der Waals surface area contributed by atoms with Crippen molar-refractivity contribution in [1.29, 1.82) is 0 Å². The molecule has 8 heteroatoms. The third-order valence-electron chi connectivity index (χ3n) is 5.11. The summed E-state index contributed by atoms with van der Waals surface area (Å²) in [5.41, 5.74) is 1.41. The van der Waals surface area contributed by atoms with Crippen LogP contribution in [0.25, 0.3) is 0 Å². The fourth-order valence-electron chi connectivity index (χ4n) is 3.44. The van der Waals surface area contributed by atoms with E-state index in [1.165, 1.54) is 4.31 Å². The lowest BCUT2D eigenvalue weighted by atomic mass is 10.1. The van der Waals surface area contributed by atoms with Crippen LogP contribution in [0, 0.1) is 0 Å². The molecule has 162 valence electrons. The van der Waals surface area contributed by atoms with E-state index in [2.05, 4.69) is 10.2 Å². The summed E-state index contributed by atoms with van der Waals surface area (Å²) in [5.74, 6) is -0.325. The average Bonchev–Trinajstić information content (AvgIpc) is 2.78. The summed E-state index contributed by atoms with van der Waals surface area (Å²) in [4.78, 5) is 15.1. The minimum atomic E-state index is -3.88. The predicted molar refractivity (Wildman–Crippen MR) is 117 cm³/mol. The molecular weight excluding hydrogens is 402 g/mol. The van der Waals surface area contributed by atoms with Crippen molar-refractivity contribution in [3.63, 3.8) is 0 Å². The van der Waals surface area contributed by atoms with Gasteiger partial charge in [0.15, 0.2) is 0 Å². The number of para-hydroxylation sites is 1. The molecule has 7 nitrogen and oxygen atoms in total. The number of carbonyl (C=O) groups excluding carboxylic acids is 1. The molecule has 1 saturated heterocycles. The average molecular weight is 432 g/mol. The molecule has 0 saturated carbocycles. The Balaban J connectivity index is 1.77. The smallest absolute Gasteiger partial charge is 0.264 e. The van der Waals surface area contributed by atoms with Crippen molar-refractivity contribution in [2.24, 2.45) is 0 Å². The Hall–Kier alpha value is -2.42. The van der Waals surface area contributed by atoms with E-state index in [4.69, 9.17) is 4.74 Å². The zero-order valence-corrected chi connectivity index (χ0v) is 18.1. The Bertz CT molecular complexity index is 928. The molecule has 2 aromatic carbocycles. The molecule has 0 unspecified atom stereocenters. The summed E-state index contributed by atoms with van der Waals surface area (Å²) in [5, 5.41) is 2.86. The number of nitrogens with one attached hydrogen (secondary N) is 1. The van der Waals surface area contributed by atoms with Crippen LogP contribution >= 0.6 is 0 Å². The van der Waals surface area contributed by atoms with E-state index in [0.29, 0.717) is 38.4 Å². The maximum absolute atomic E-state index is 13.4. The number of amides is 1. The fraction of sp³-hybridized carbons (Fsp3) is 0.409. The number of hydrogen-bond acceptors (Lipinski definition) is 5. The van der Waals surface area contributed by atoms with Crippen molar-refractivity contribution in [1.82, 2.24) is 10.2 Å². The lowest BCUT2D eigenvalue weighted by molar-refractivity contribution is -0.119. The van der Waals surface area contributed by atoms with Crippen LogP contribution in [-0.2, 0) is 26.0 Å². The highest BCUT2D eigenvalue weighted by atomic mass is 32.2. The van der Waals surface area contributed by atoms with E-state index >= 15 is 0 Å². The zero-order chi connectivity index (χ0) is 21.4. The molecule has 30 heavy (non-hydrogen) atoms. The molecule has 0 aromatic heterocycles. The van der Waals surface area contributed by atoms with Gasteiger partial charge < -0.3 is 10.1 Å². The van der Waals surface area contributed by atoms with Gasteiger partial charge in [0.1, 0.15) is 6.54 Å². The second-order valence-corrected chi connectivity index (χ2v) is 8.97. The van der Waals surface area contributed by atoms with Gasteiger partial charge in [-0.15, -0.1) is 0 Å². The number of ether oxygens (including phenoxy) is 1. The summed E-state index contributed by atoms with van der Waals surface area (Å²) in [6.45, 7) is 5.96. The molecule has 0 radical (unpaired) electrons. The van der Waals surface area contributed by atoms with Crippen molar-refractivity contribution in [2.75, 3.05) is 50.2 Å². The Morgan fingerprint density at radius 2 is 1.73 bits per heavy atom. The standard InChI is InChI=1S/C22H29N3O4S/c1-2-19-8-6-7-11-21(19)25(30(27,28)20-9-4-3-5-10-20)18-22(26)23-12-13-24-14-16-29-17-15-24/h3-11H,2,12-18H2,1H3,(H,23,26). The third-order valence-corrected chi connectivity index (χ3v) is 6.89. The fourth-order valence-corrected chi connectivity index (χ4v) is 4.92. The molecule has 2 aromatic rings. The number of rotatable bonds is 9. The number of hydrogen-bond donors (Lipinski definition) is 1. The topological polar surface area (TPSA) is 79.0 Å². The lowest BCUT2D eigenvalue weighted by Crippen LogP contribution is -2.45. The molecule has 3 rings (SSSR count). The highest BCUT2D eigenvalue weighted by Gasteiger charge is 2.28. The predicted octanol–water partition coefficient (Wildman–Crippen LogP) is 1.89. The first kappa shape index (κ1) is 22.3. The van der Waals surface area contributed by atoms with Gasteiger partial charge in [0, 0.05) is 26.2 Å². The third kappa shape index (κ3) is 5.59. The lowest BCUT2D eigenvalue weighted by Gasteiger charge is -2.28. The van der Waals surface area contributed by atoms with Gasteiger partial charge in [-0.3, -0.25) is 14.0 Å². The number of nitrogens with zero attached hydrogens (tertiary/aromatic N) is 2. The van der Waals surface area contributed by atoms with Crippen molar-refractivity contribution < 1.29 is 17.9 Å². The summed E-state index contributed by atoms with van der Waals surface area (Å²) in [6.07, 6.45) is 0.662. The van der Waals surface area contributed by atoms with Crippen LogP contribution in [-0.4, -0.2) is 65.2 Å². The van der Waals surface area contributed by atoms with E-state index in [0.717, 1.165) is 18.7 Å². The molecule has 0 bridgehead atoms. The number of sulfonamides is 1. The minimum absolute atomic E-state index is 0.164. The maximum Gasteiger partial charge on any atom is 0.264 e. The molecule has 0 spiro atoms. The van der Waals surface area contributed by atoms with E-state index in [9.17, 15) is 13.2 Å². The first-order valence-electron chi connectivity index (χ1n) is 10.2. The second kappa shape index (κ2) is 10.6. The van der Waals surface area contributed by atoms with Gasteiger partial charge in [-0.25, -0.2) is 8.42 Å². The van der Waals surface area contributed by atoms with Crippen molar-refractivity contribution >= 4 is 21.6 Å². The molecule has 1 amide bonds. The molecule has 1 heterocycles. The number of benzene rings is 2. The largest absolute Gasteiger partial charge is 0.379 e. The number of anilines is 1. The molecule has 1 aliphatic rings. The van der Waals surface area contributed by atoms with Gasteiger partial charge in [-0.1, -0.05) is 43.3 Å². The van der Waals surface area contributed by atoms with E-state index in [1.807, 2.05) is 19.1 Å². The van der Waals surface area contributed by atoms with E-state index < -0.39 is 10.0 Å². The van der Waals surface area contributed by atoms with Crippen LogP contribution in [0.2, 0.25) is 0 Å². The first-order chi connectivity index (χ1) is 14.5. The van der Waals surface area contributed by atoms with Gasteiger partial charge in [0.25, 0.3) is 10.0 Å². The normalized spacial score (nSPS) is 15.0. The summed E-state index contributed by atoms with van der Waals surface area (Å²) >= 11 is 0. The Morgan fingerprint density at radius 1 is 1.07 bits per heavy atom. The number of aryl methyl sites for hydroxylation is 1. The first-order valence-corrected chi connectivity index (χ1v) is 11.7. The molecule has 0 aliphatic carbocycles. The van der Waals surface area contributed by atoms with E-state index in [-0.39, 0.29) is 17.3 Å². The Labute approximate surface area is 178 Å². The quantitative estimate of drug-likeness (QED) is 0.656. The van der Waals surface area contributed by atoms with Gasteiger partial charge in [-0.2, -0.15) is 0 Å². The second-order valence-electron chi connectivity index (χ2n) is 7.11. The summed E-state index contributed by atoms with van der Waals surface area (Å²) in [6, 6.07) is 15.5. The summed E-state index contributed by atoms with van der Waals surface area (Å²) in [7, 11) is -3.88. The van der Waals surface area contributed by atoms with Crippen LogP contribution in [0.4, 0.5) is 5.69 Å².